The van der Waals surface area contributed by atoms with E-state index in [2.05, 4.69) is 0 Å². The highest BCUT2D eigenvalue weighted by Gasteiger charge is 2.29. The van der Waals surface area contributed by atoms with Gasteiger partial charge in [0, 0.05) is 11.6 Å². The average Bonchev–Trinajstić information content (AvgIpc) is 2.99. The number of amides is 1. The van der Waals surface area contributed by atoms with Crippen molar-refractivity contribution in [2.75, 3.05) is 13.1 Å². The Balaban J connectivity index is 2.26. The zero-order valence-electron chi connectivity index (χ0n) is 12.1. The molecular formula is C16H22N2O3. The summed E-state index contributed by atoms with van der Waals surface area (Å²) in [4.78, 5) is 25.4. The number of rotatable bonds is 6. The molecule has 5 heteroatoms. The summed E-state index contributed by atoms with van der Waals surface area (Å²) in [6.07, 6.45) is 4.50. The lowest BCUT2D eigenvalue weighted by Crippen LogP contribution is -2.42. The molecule has 3 N–H and O–H groups in total. The van der Waals surface area contributed by atoms with Crippen LogP contribution in [0.3, 0.4) is 0 Å². The maximum Gasteiger partial charge on any atom is 0.323 e. The van der Waals surface area contributed by atoms with E-state index >= 15 is 0 Å². The summed E-state index contributed by atoms with van der Waals surface area (Å²) in [6.45, 7) is 0.229. The van der Waals surface area contributed by atoms with Gasteiger partial charge in [0.2, 0.25) is 0 Å². The molecule has 0 radical (unpaired) electrons. The van der Waals surface area contributed by atoms with Gasteiger partial charge in [-0.15, -0.1) is 0 Å². The van der Waals surface area contributed by atoms with Crippen molar-refractivity contribution in [1.82, 2.24) is 4.90 Å². The van der Waals surface area contributed by atoms with E-state index in [-0.39, 0.29) is 18.5 Å². The van der Waals surface area contributed by atoms with Gasteiger partial charge in [-0.05, 0) is 37.4 Å². The number of carbonyl (C=O) groups excluding carboxylic acids is 1. The molecule has 5 nitrogen and oxygen atoms in total. The topological polar surface area (TPSA) is 83.6 Å². The van der Waals surface area contributed by atoms with Gasteiger partial charge in [0.15, 0.2) is 0 Å². The number of carboxylic acid groups (broad SMARTS) is 1. The van der Waals surface area contributed by atoms with E-state index in [0.717, 1.165) is 31.2 Å². The average molecular weight is 290 g/mol. The first-order chi connectivity index (χ1) is 10.1. The van der Waals surface area contributed by atoms with Crippen molar-refractivity contribution in [1.29, 1.82) is 0 Å². The number of aliphatic carboxylic acids is 1. The molecular weight excluding hydrogens is 268 g/mol. The van der Waals surface area contributed by atoms with Crippen LogP contribution in [0.1, 0.15) is 41.6 Å². The number of carboxylic acids is 1. The van der Waals surface area contributed by atoms with Crippen molar-refractivity contribution in [2.45, 2.75) is 38.1 Å². The van der Waals surface area contributed by atoms with Crippen molar-refractivity contribution in [3.05, 3.63) is 35.4 Å². The first-order valence-electron chi connectivity index (χ1n) is 7.44. The normalized spacial score (nSPS) is 15.1. The summed E-state index contributed by atoms with van der Waals surface area (Å²) in [7, 11) is 0. The molecule has 0 unspecified atom stereocenters. The first-order valence-corrected chi connectivity index (χ1v) is 7.44. The van der Waals surface area contributed by atoms with Gasteiger partial charge in [-0.3, -0.25) is 9.59 Å². The highest BCUT2D eigenvalue weighted by molar-refractivity contribution is 5.97. The molecule has 0 bridgehead atoms. The Morgan fingerprint density at radius 3 is 2.52 bits per heavy atom. The van der Waals surface area contributed by atoms with Crippen LogP contribution in [0.5, 0.6) is 0 Å². The zero-order valence-corrected chi connectivity index (χ0v) is 12.1. The Morgan fingerprint density at radius 1 is 1.24 bits per heavy atom. The zero-order chi connectivity index (χ0) is 15.2. The fourth-order valence-corrected chi connectivity index (χ4v) is 2.99. The smallest absolute Gasteiger partial charge is 0.323 e. The number of carbonyl (C=O) groups is 2. The van der Waals surface area contributed by atoms with Crippen LogP contribution in [0.15, 0.2) is 24.3 Å². The van der Waals surface area contributed by atoms with Crippen molar-refractivity contribution in [3.8, 4) is 0 Å². The van der Waals surface area contributed by atoms with Crippen LogP contribution in [0.2, 0.25) is 0 Å². The van der Waals surface area contributed by atoms with Crippen LogP contribution in [-0.4, -0.2) is 41.0 Å². The second-order valence-electron chi connectivity index (χ2n) is 5.46. The third-order valence-electron chi connectivity index (χ3n) is 3.99. The minimum Gasteiger partial charge on any atom is -0.480 e. The molecule has 114 valence electrons. The summed E-state index contributed by atoms with van der Waals surface area (Å²) in [5.41, 5.74) is 7.06. The van der Waals surface area contributed by atoms with E-state index in [9.17, 15) is 9.59 Å². The lowest BCUT2D eigenvalue weighted by atomic mass is 10.0. The van der Waals surface area contributed by atoms with E-state index in [4.69, 9.17) is 10.8 Å². The fraction of sp³-hybridized carbons (Fsp3) is 0.500. The summed E-state index contributed by atoms with van der Waals surface area (Å²) in [6, 6.07) is 7.37. The van der Waals surface area contributed by atoms with Gasteiger partial charge in [0.25, 0.3) is 5.91 Å². The van der Waals surface area contributed by atoms with Crippen molar-refractivity contribution in [2.24, 2.45) is 5.73 Å². The molecule has 0 atom stereocenters. The molecule has 1 fully saturated rings. The lowest BCUT2D eigenvalue weighted by molar-refractivity contribution is -0.138. The summed E-state index contributed by atoms with van der Waals surface area (Å²) >= 11 is 0. The Kier molecular flexibility index (Phi) is 5.33. The fourth-order valence-electron chi connectivity index (χ4n) is 2.99. The van der Waals surface area contributed by atoms with Crippen molar-refractivity contribution < 1.29 is 14.7 Å². The largest absolute Gasteiger partial charge is 0.480 e. The van der Waals surface area contributed by atoms with Crippen LogP contribution in [-0.2, 0) is 11.2 Å². The number of hydrogen-bond acceptors (Lipinski definition) is 3. The molecule has 0 aromatic heterocycles. The van der Waals surface area contributed by atoms with E-state index in [1.54, 1.807) is 12.1 Å². The van der Waals surface area contributed by atoms with Gasteiger partial charge < -0.3 is 15.7 Å². The molecule has 1 saturated carbocycles. The number of hydrogen-bond donors (Lipinski definition) is 2. The molecule has 1 aliphatic rings. The van der Waals surface area contributed by atoms with Crippen LogP contribution in [0.25, 0.3) is 0 Å². The van der Waals surface area contributed by atoms with Crippen LogP contribution in [0, 0.1) is 0 Å². The van der Waals surface area contributed by atoms with Gasteiger partial charge in [-0.25, -0.2) is 0 Å². The maximum atomic E-state index is 12.8. The summed E-state index contributed by atoms with van der Waals surface area (Å²) < 4.78 is 0. The number of nitrogens with two attached hydrogens (primary N) is 1. The van der Waals surface area contributed by atoms with E-state index < -0.39 is 5.97 Å². The van der Waals surface area contributed by atoms with Crippen LogP contribution in [0.4, 0.5) is 0 Å². The SMILES string of the molecule is NCCc1ccccc1C(=O)N(CC(=O)O)C1CCCC1. The Bertz CT molecular complexity index is 510. The predicted octanol–water partition coefficient (Wildman–Crippen LogP) is 1.66. The first kappa shape index (κ1) is 15.5. The molecule has 1 aliphatic carbocycles. The molecule has 1 amide bonds. The van der Waals surface area contributed by atoms with E-state index in [1.165, 1.54) is 4.90 Å². The van der Waals surface area contributed by atoms with E-state index in [0.29, 0.717) is 18.5 Å². The molecule has 0 spiro atoms. The minimum absolute atomic E-state index is 0.0412. The lowest BCUT2D eigenvalue weighted by Gasteiger charge is -2.28. The Hall–Kier alpha value is -1.88. The van der Waals surface area contributed by atoms with Gasteiger partial charge in [0.05, 0.1) is 0 Å². The molecule has 21 heavy (non-hydrogen) atoms. The summed E-state index contributed by atoms with van der Waals surface area (Å²) in [5, 5.41) is 9.10. The van der Waals surface area contributed by atoms with Gasteiger partial charge in [0.1, 0.15) is 6.54 Å². The highest BCUT2D eigenvalue weighted by Crippen LogP contribution is 2.25. The van der Waals surface area contributed by atoms with Crippen molar-refractivity contribution in [3.63, 3.8) is 0 Å². The molecule has 0 heterocycles. The van der Waals surface area contributed by atoms with Gasteiger partial charge in [-0.1, -0.05) is 31.0 Å². The van der Waals surface area contributed by atoms with Crippen molar-refractivity contribution >= 4 is 11.9 Å². The quantitative estimate of drug-likeness (QED) is 0.834. The van der Waals surface area contributed by atoms with E-state index in [1.807, 2.05) is 12.1 Å². The molecule has 1 aromatic carbocycles. The Labute approximate surface area is 124 Å². The third kappa shape index (κ3) is 3.82. The molecule has 0 saturated heterocycles. The molecule has 0 aliphatic heterocycles. The maximum absolute atomic E-state index is 12.8. The second-order valence-corrected chi connectivity index (χ2v) is 5.46. The minimum atomic E-state index is -0.966. The van der Waals surface area contributed by atoms with Gasteiger partial charge >= 0.3 is 5.97 Å². The second kappa shape index (κ2) is 7.22. The number of benzene rings is 1. The van der Waals surface area contributed by atoms with Crippen LogP contribution >= 0.6 is 0 Å². The van der Waals surface area contributed by atoms with Crippen LogP contribution < -0.4 is 5.73 Å². The predicted molar refractivity (Wildman–Crippen MR) is 80.1 cm³/mol. The van der Waals surface area contributed by atoms with Gasteiger partial charge in [-0.2, -0.15) is 0 Å². The standard InChI is InChI=1S/C16H22N2O3/c17-10-9-12-5-1-4-8-14(12)16(21)18(11-15(19)20)13-6-2-3-7-13/h1,4-5,8,13H,2-3,6-7,9-11,17H2,(H,19,20). The number of nitrogens with zero attached hydrogens (tertiary/aromatic N) is 1. The Morgan fingerprint density at radius 2 is 1.90 bits per heavy atom. The molecule has 2 rings (SSSR count). The third-order valence-corrected chi connectivity index (χ3v) is 3.99. The summed E-state index contributed by atoms with van der Waals surface area (Å²) in [5.74, 6) is -1.15. The highest BCUT2D eigenvalue weighted by atomic mass is 16.4. The monoisotopic (exact) mass is 290 g/mol. The molecule has 1 aromatic rings.